The molecule has 1 unspecified atom stereocenters. The number of urea groups is 1. The lowest BCUT2D eigenvalue weighted by atomic mass is 10.1. The molecule has 1 aliphatic rings. The van der Waals surface area contributed by atoms with Gasteiger partial charge in [0.15, 0.2) is 0 Å². The number of carbonyl (C=O) groups excluding carboxylic acids is 1. The van der Waals surface area contributed by atoms with Crippen molar-refractivity contribution in [3.05, 3.63) is 0 Å². The molecule has 1 saturated heterocycles. The molecule has 0 aliphatic carbocycles. The van der Waals surface area contributed by atoms with Gasteiger partial charge >= 0.3 is 6.03 Å². The first-order chi connectivity index (χ1) is 4.74. The highest BCUT2D eigenvalue weighted by molar-refractivity contribution is 5.72. The molecule has 10 heavy (non-hydrogen) atoms. The van der Waals surface area contributed by atoms with E-state index in [1.807, 2.05) is 0 Å². The van der Waals surface area contributed by atoms with Crippen molar-refractivity contribution in [2.45, 2.75) is 19.8 Å². The van der Waals surface area contributed by atoms with Crippen molar-refractivity contribution in [3.8, 4) is 0 Å². The largest absolute Gasteiger partial charge is 0.351 e. The zero-order chi connectivity index (χ0) is 7.56. The van der Waals surface area contributed by atoms with E-state index in [2.05, 4.69) is 6.92 Å². The topological polar surface area (TPSA) is 46.3 Å². The molecule has 0 spiro atoms. The summed E-state index contributed by atoms with van der Waals surface area (Å²) in [6, 6.07) is -0.268. The predicted molar refractivity (Wildman–Crippen MR) is 39.6 cm³/mol. The molecule has 0 aromatic carbocycles. The van der Waals surface area contributed by atoms with Crippen LogP contribution in [0, 0.1) is 5.92 Å². The predicted octanol–water partition coefficient (Wildman–Crippen LogP) is 0.797. The van der Waals surface area contributed by atoms with Gasteiger partial charge < -0.3 is 10.6 Å². The normalized spacial score (nSPS) is 25.3. The third-order valence-electron chi connectivity index (χ3n) is 2.17. The summed E-state index contributed by atoms with van der Waals surface area (Å²) in [6.45, 7) is 3.87. The highest BCUT2D eigenvalue weighted by Gasteiger charge is 2.22. The second kappa shape index (κ2) is 2.90. The maximum absolute atomic E-state index is 10.6. The Labute approximate surface area is 61.2 Å². The summed E-state index contributed by atoms with van der Waals surface area (Å²) < 4.78 is 0. The van der Waals surface area contributed by atoms with Gasteiger partial charge in [0.25, 0.3) is 0 Å². The van der Waals surface area contributed by atoms with Crippen LogP contribution >= 0.6 is 0 Å². The van der Waals surface area contributed by atoms with Crippen LogP contribution in [0.2, 0.25) is 0 Å². The standard InChI is InChI=1S/C7H14N2O/c1-2-6-3-4-9(5-6)7(8)10/h6H,2-5H2,1H3,(H2,8,10). The van der Waals surface area contributed by atoms with Gasteiger partial charge in [-0.25, -0.2) is 4.79 Å². The van der Waals surface area contributed by atoms with Gasteiger partial charge in [0.1, 0.15) is 0 Å². The molecule has 3 nitrogen and oxygen atoms in total. The highest BCUT2D eigenvalue weighted by atomic mass is 16.2. The molecule has 0 bridgehead atoms. The molecule has 3 heteroatoms. The summed E-state index contributed by atoms with van der Waals surface area (Å²) in [5, 5.41) is 0. The summed E-state index contributed by atoms with van der Waals surface area (Å²) in [7, 11) is 0. The average molecular weight is 142 g/mol. The molecule has 1 rings (SSSR count). The second-order valence-corrected chi connectivity index (χ2v) is 2.85. The van der Waals surface area contributed by atoms with E-state index in [0.29, 0.717) is 5.92 Å². The number of amides is 2. The first-order valence-corrected chi connectivity index (χ1v) is 3.78. The minimum atomic E-state index is -0.268. The minimum absolute atomic E-state index is 0.268. The fraction of sp³-hybridized carbons (Fsp3) is 0.857. The summed E-state index contributed by atoms with van der Waals surface area (Å²) in [4.78, 5) is 12.3. The van der Waals surface area contributed by atoms with Gasteiger partial charge in [-0.15, -0.1) is 0 Å². The molecule has 0 saturated carbocycles. The van der Waals surface area contributed by atoms with E-state index < -0.39 is 0 Å². The fourth-order valence-electron chi connectivity index (χ4n) is 1.37. The van der Waals surface area contributed by atoms with Gasteiger partial charge in [-0.05, 0) is 12.3 Å². The third-order valence-corrected chi connectivity index (χ3v) is 2.17. The Morgan fingerprint density at radius 2 is 2.50 bits per heavy atom. The van der Waals surface area contributed by atoms with E-state index in [4.69, 9.17) is 5.73 Å². The van der Waals surface area contributed by atoms with E-state index >= 15 is 0 Å². The van der Waals surface area contributed by atoms with E-state index in [9.17, 15) is 4.79 Å². The lowest BCUT2D eigenvalue weighted by molar-refractivity contribution is 0.216. The zero-order valence-electron chi connectivity index (χ0n) is 6.34. The van der Waals surface area contributed by atoms with Crippen molar-refractivity contribution in [1.82, 2.24) is 4.90 Å². The van der Waals surface area contributed by atoms with Crippen molar-refractivity contribution >= 4 is 6.03 Å². The minimum Gasteiger partial charge on any atom is -0.351 e. The molecule has 1 fully saturated rings. The monoisotopic (exact) mass is 142 g/mol. The number of hydrogen-bond donors (Lipinski definition) is 1. The van der Waals surface area contributed by atoms with E-state index in [0.717, 1.165) is 25.9 Å². The van der Waals surface area contributed by atoms with Gasteiger partial charge in [0.2, 0.25) is 0 Å². The Hall–Kier alpha value is -0.730. The highest BCUT2D eigenvalue weighted by Crippen LogP contribution is 2.17. The van der Waals surface area contributed by atoms with Crippen LogP contribution in [0.4, 0.5) is 4.79 Å². The van der Waals surface area contributed by atoms with Gasteiger partial charge in [-0.3, -0.25) is 0 Å². The van der Waals surface area contributed by atoms with Crippen LogP contribution < -0.4 is 5.73 Å². The van der Waals surface area contributed by atoms with Crippen molar-refractivity contribution < 1.29 is 4.79 Å². The molecule has 0 aromatic rings. The van der Waals surface area contributed by atoms with Crippen LogP contribution in [-0.2, 0) is 0 Å². The maximum Gasteiger partial charge on any atom is 0.314 e. The lowest BCUT2D eigenvalue weighted by Crippen LogP contribution is -2.33. The van der Waals surface area contributed by atoms with Gasteiger partial charge in [0, 0.05) is 13.1 Å². The number of rotatable bonds is 1. The SMILES string of the molecule is CCC1CCN(C(N)=O)C1. The number of hydrogen-bond acceptors (Lipinski definition) is 1. The Morgan fingerprint density at radius 3 is 2.80 bits per heavy atom. The van der Waals surface area contributed by atoms with Gasteiger partial charge in [-0.1, -0.05) is 13.3 Å². The van der Waals surface area contributed by atoms with Crippen LogP contribution in [0.25, 0.3) is 0 Å². The molecular weight excluding hydrogens is 128 g/mol. The molecule has 0 radical (unpaired) electrons. The van der Waals surface area contributed by atoms with Gasteiger partial charge in [-0.2, -0.15) is 0 Å². The number of likely N-dealkylation sites (tertiary alicyclic amines) is 1. The summed E-state index contributed by atoms with van der Waals surface area (Å²) in [5.41, 5.74) is 5.10. The smallest absolute Gasteiger partial charge is 0.314 e. The molecule has 0 aromatic heterocycles. The van der Waals surface area contributed by atoms with Crippen LogP contribution in [-0.4, -0.2) is 24.0 Å². The molecule has 58 valence electrons. The van der Waals surface area contributed by atoms with Crippen LogP contribution in [0.1, 0.15) is 19.8 Å². The Morgan fingerprint density at radius 1 is 1.80 bits per heavy atom. The average Bonchev–Trinajstić information content (AvgIpc) is 2.34. The van der Waals surface area contributed by atoms with Crippen LogP contribution in [0.3, 0.4) is 0 Å². The maximum atomic E-state index is 10.6. The second-order valence-electron chi connectivity index (χ2n) is 2.85. The fourth-order valence-corrected chi connectivity index (χ4v) is 1.37. The van der Waals surface area contributed by atoms with E-state index in [1.165, 1.54) is 0 Å². The zero-order valence-corrected chi connectivity index (χ0v) is 6.34. The Bertz CT molecular complexity index is 136. The van der Waals surface area contributed by atoms with E-state index in [-0.39, 0.29) is 6.03 Å². The lowest BCUT2D eigenvalue weighted by Gasteiger charge is -2.11. The molecule has 1 heterocycles. The van der Waals surface area contributed by atoms with Crippen molar-refractivity contribution in [2.24, 2.45) is 11.7 Å². The molecular formula is C7H14N2O. The van der Waals surface area contributed by atoms with Crippen molar-refractivity contribution in [2.75, 3.05) is 13.1 Å². The summed E-state index contributed by atoms with van der Waals surface area (Å²) in [6.07, 6.45) is 2.28. The summed E-state index contributed by atoms with van der Waals surface area (Å²) in [5.74, 6) is 0.687. The van der Waals surface area contributed by atoms with Crippen molar-refractivity contribution in [1.29, 1.82) is 0 Å². The van der Waals surface area contributed by atoms with E-state index in [1.54, 1.807) is 4.90 Å². The van der Waals surface area contributed by atoms with Crippen molar-refractivity contribution in [3.63, 3.8) is 0 Å². The number of primary amides is 1. The Kier molecular flexibility index (Phi) is 2.14. The molecule has 2 amide bonds. The Balaban J connectivity index is 2.35. The number of nitrogens with zero attached hydrogens (tertiary/aromatic N) is 1. The quantitative estimate of drug-likeness (QED) is 0.578. The number of carbonyl (C=O) groups is 1. The first-order valence-electron chi connectivity index (χ1n) is 3.78. The third kappa shape index (κ3) is 1.40. The molecule has 1 atom stereocenters. The van der Waals surface area contributed by atoms with Crippen LogP contribution in [0.5, 0.6) is 0 Å². The molecule has 1 aliphatic heterocycles. The molecule has 2 N–H and O–H groups in total. The number of nitrogens with two attached hydrogens (primary N) is 1. The summed E-state index contributed by atoms with van der Waals surface area (Å²) >= 11 is 0. The van der Waals surface area contributed by atoms with Crippen LogP contribution in [0.15, 0.2) is 0 Å². The van der Waals surface area contributed by atoms with Gasteiger partial charge in [0.05, 0.1) is 0 Å². The first kappa shape index (κ1) is 7.38.